The molecule has 6 nitrogen and oxygen atoms in total. The fraction of sp³-hybridized carbons (Fsp3) is 0.316. The second-order valence-electron chi connectivity index (χ2n) is 6.15. The smallest absolute Gasteiger partial charge is 0.261 e. The van der Waals surface area contributed by atoms with Gasteiger partial charge in [-0.05, 0) is 41.8 Å². The van der Waals surface area contributed by atoms with Crippen LogP contribution in [0.15, 0.2) is 47.4 Å². The van der Waals surface area contributed by atoms with Gasteiger partial charge in [0.25, 0.3) is 10.0 Å². The number of hydrogen-bond donors (Lipinski definition) is 2. The number of ether oxygens (including phenoxy) is 1. The number of carbonyl (C=O) groups is 1. The number of sulfonamides is 1. The average molecular weight is 376 g/mol. The molecular formula is C19H24N2O4S. The van der Waals surface area contributed by atoms with Crippen LogP contribution < -0.4 is 14.8 Å². The Bertz CT molecular complexity index is 875. The van der Waals surface area contributed by atoms with Gasteiger partial charge < -0.3 is 10.1 Å². The molecule has 0 saturated heterocycles. The quantitative estimate of drug-likeness (QED) is 0.766. The molecule has 0 aliphatic carbocycles. The zero-order valence-corrected chi connectivity index (χ0v) is 16.2. The molecule has 0 saturated carbocycles. The molecule has 0 heterocycles. The van der Waals surface area contributed by atoms with Crippen molar-refractivity contribution < 1.29 is 17.9 Å². The van der Waals surface area contributed by atoms with Crippen molar-refractivity contribution in [3.8, 4) is 5.75 Å². The van der Waals surface area contributed by atoms with E-state index in [1.165, 1.54) is 25.3 Å². The Hall–Kier alpha value is -2.54. The minimum atomic E-state index is -3.79. The fourth-order valence-electron chi connectivity index (χ4n) is 2.34. The second kappa shape index (κ2) is 8.23. The third kappa shape index (κ3) is 4.76. The van der Waals surface area contributed by atoms with Gasteiger partial charge in [-0.1, -0.05) is 32.9 Å². The lowest BCUT2D eigenvalue weighted by Gasteiger charge is -2.13. The molecule has 0 unspecified atom stereocenters. The molecule has 2 aromatic rings. The predicted molar refractivity (Wildman–Crippen MR) is 103 cm³/mol. The van der Waals surface area contributed by atoms with E-state index in [0.717, 1.165) is 5.56 Å². The van der Waals surface area contributed by atoms with Crippen LogP contribution >= 0.6 is 0 Å². The van der Waals surface area contributed by atoms with Crippen LogP contribution in [0, 0.1) is 0 Å². The maximum absolute atomic E-state index is 12.7. The van der Waals surface area contributed by atoms with Gasteiger partial charge in [-0.15, -0.1) is 0 Å². The van der Waals surface area contributed by atoms with E-state index in [1.807, 2.05) is 12.1 Å². The third-order valence-corrected chi connectivity index (χ3v) is 5.28. The van der Waals surface area contributed by atoms with Gasteiger partial charge >= 0.3 is 0 Å². The molecule has 1 amide bonds. The van der Waals surface area contributed by atoms with Gasteiger partial charge in [0.05, 0.1) is 17.7 Å². The summed E-state index contributed by atoms with van der Waals surface area (Å²) >= 11 is 0. The number of amides is 1. The van der Waals surface area contributed by atoms with Crippen LogP contribution in [0.5, 0.6) is 5.75 Å². The Kier molecular flexibility index (Phi) is 6.26. The first-order chi connectivity index (χ1) is 12.3. The van der Waals surface area contributed by atoms with E-state index in [9.17, 15) is 13.2 Å². The summed E-state index contributed by atoms with van der Waals surface area (Å²) in [5.41, 5.74) is 1.92. The van der Waals surface area contributed by atoms with E-state index in [0.29, 0.717) is 23.0 Å². The van der Waals surface area contributed by atoms with Gasteiger partial charge in [0.1, 0.15) is 5.75 Å². The minimum absolute atomic E-state index is 0.0395. The molecule has 2 N–H and O–H groups in total. The Morgan fingerprint density at radius 1 is 1.12 bits per heavy atom. The van der Waals surface area contributed by atoms with Gasteiger partial charge in [-0.25, -0.2) is 8.42 Å². The molecule has 0 aliphatic heterocycles. The number of hydrogen-bond acceptors (Lipinski definition) is 4. The summed E-state index contributed by atoms with van der Waals surface area (Å²) in [5, 5.41) is 2.65. The summed E-state index contributed by atoms with van der Waals surface area (Å²) < 4.78 is 33.1. The lowest BCUT2D eigenvalue weighted by Crippen LogP contribution is -2.15. The number of anilines is 2. The van der Waals surface area contributed by atoms with Crippen LogP contribution in [0.4, 0.5) is 11.4 Å². The molecule has 2 rings (SSSR count). The van der Waals surface area contributed by atoms with Gasteiger partial charge in [-0.3, -0.25) is 9.52 Å². The van der Waals surface area contributed by atoms with Gasteiger partial charge in [-0.2, -0.15) is 0 Å². The fourth-order valence-corrected chi connectivity index (χ4v) is 3.43. The normalized spacial score (nSPS) is 11.3. The first-order valence-electron chi connectivity index (χ1n) is 8.37. The van der Waals surface area contributed by atoms with Crippen LogP contribution in [-0.4, -0.2) is 21.4 Å². The van der Waals surface area contributed by atoms with E-state index in [4.69, 9.17) is 4.74 Å². The van der Waals surface area contributed by atoms with E-state index < -0.39 is 10.0 Å². The number of methoxy groups -OCH3 is 1. The van der Waals surface area contributed by atoms with Crippen molar-refractivity contribution >= 4 is 27.3 Å². The second-order valence-corrected chi connectivity index (χ2v) is 7.83. The van der Waals surface area contributed by atoms with E-state index in [2.05, 4.69) is 23.9 Å². The van der Waals surface area contributed by atoms with Crippen molar-refractivity contribution in [3.05, 3.63) is 48.0 Å². The molecule has 0 aromatic heterocycles. The molecule has 0 spiro atoms. The van der Waals surface area contributed by atoms with E-state index in [1.54, 1.807) is 19.1 Å². The van der Waals surface area contributed by atoms with Crippen molar-refractivity contribution in [2.24, 2.45) is 0 Å². The summed E-state index contributed by atoms with van der Waals surface area (Å²) in [4.78, 5) is 11.7. The number of rotatable bonds is 7. The molecule has 0 bridgehead atoms. The molecule has 2 aromatic carbocycles. The summed E-state index contributed by atoms with van der Waals surface area (Å²) in [6.07, 6.45) is 0.278. The Labute approximate surface area is 154 Å². The SMILES string of the molecule is CCC(=O)Nc1cc(S(=O)(=O)Nc2ccc(C(C)C)cc2)ccc1OC. The topological polar surface area (TPSA) is 84.5 Å². The molecule has 26 heavy (non-hydrogen) atoms. The maximum Gasteiger partial charge on any atom is 0.261 e. The van der Waals surface area contributed by atoms with Crippen LogP contribution in [0.25, 0.3) is 0 Å². The predicted octanol–water partition coefficient (Wildman–Crippen LogP) is 3.97. The first-order valence-corrected chi connectivity index (χ1v) is 9.85. The zero-order chi connectivity index (χ0) is 19.3. The zero-order valence-electron chi connectivity index (χ0n) is 15.4. The number of nitrogens with one attached hydrogen (secondary N) is 2. The highest BCUT2D eigenvalue weighted by Crippen LogP contribution is 2.29. The molecular weight excluding hydrogens is 352 g/mol. The molecule has 7 heteroatoms. The van der Waals surface area contributed by atoms with Crippen molar-refractivity contribution in [2.45, 2.75) is 38.0 Å². The molecule has 0 aliphatic rings. The first kappa shape index (κ1) is 19.8. The lowest BCUT2D eigenvalue weighted by atomic mass is 10.0. The van der Waals surface area contributed by atoms with Crippen LogP contribution in [0.2, 0.25) is 0 Å². The number of carbonyl (C=O) groups excluding carboxylic acids is 1. The van der Waals surface area contributed by atoms with Crippen molar-refractivity contribution in [1.29, 1.82) is 0 Å². The Morgan fingerprint density at radius 3 is 2.31 bits per heavy atom. The highest BCUT2D eigenvalue weighted by Gasteiger charge is 2.17. The third-order valence-electron chi connectivity index (χ3n) is 3.91. The Morgan fingerprint density at radius 2 is 1.77 bits per heavy atom. The largest absolute Gasteiger partial charge is 0.495 e. The average Bonchev–Trinajstić information content (AvgIpc) is 2.61. The van der Waals surface area contributed by atoms with Crippen LogP contribution in [-0.2, 0) is 14.8 Å². The Balaban J connectivity index is 2.30. The van der Waals surface area contributed by atoms with Gasteiger partial charge in [0.15, 0.2) is 0 Å². The van der Waals surface area contributed by atoms with Crippen LogP contribution in [0.1, 0.15) is 38.7 Å². The van der Waals surface area contributed by atoms with Gasteiger partial charge in [0, 0.05) is 12.1 Å². The summed E-state index contributed by atoms with van der Waals surface area (Å²) in [7, 11) is -2.34. The van der Waals surface area contributed by atoms with Crippen molar-refractivity contribution in [1.82, 2.24) is 0 Å². The summed E-state index contributed by atoms with van der Waals surface area (Å²) in [6.45, 7) is 5.86. The molecule has 0 radical (unpaired) electrons. The monoisotopic (exact) mass is 376 g/mol. The molecule has 140 valence electrons. The van der Waals surface area contributed by atoms with Crippen LogP contribution in [0.3, 0.4) is 0 Å². The highest BCUT2D eigenvalue weighted by molar-refractivity contribution is 7.92. The minimum Gasteiger partial charge on any atom is -0.495 e. The lowest BCUT2D eigenvalue weighted by molar-refractivity contribution is -0.115. The van der Waals surface area contributed by atoms with E-state index in [-0.39, 0.29) is 17.2 Å². The van der Waals surface area contributed by atoms with Gasteiger partial charge in [0.2, 0.25) is 5.91 Å². The maximum atomic E-state index is 12.7. The van der Waals surface area contributed by atoms with Crippen molar-refractivity contribution in [3.63, 3.8) is 0 Å². The standard InChI is InChI=1S/C19H24N2O4S/c1-5-19(22)20-17-12-16(10-11-18(17)25-4)26(23,24)21-15-8-6-14(7-9-15)13(2)3/h6-13,21H,5H2,1-4H3,(H,20,22). The van der Waals surface area contributed by atoms with E-state index >= 15 is 0 Å². The highest BCUT2D eigenvalue weighted by atomic mass is 32.2. The molecule has 0 fully saturated rings. The summed E-state index contributed by atoms with van der Waals surface area (Å²) in [5.74, 6) is 0.536. The molecule has 0 atom stereocenters. The number of benzene rings is 2. The summed E-state index contributed by atoms with van der Waals surface area (Å²) in [6, 6.07) is 11.6. The van der Waals surface area contributed by atoms with Crippen molar-refractivity contribution in [2.75, 3.05) is 17.1 Å².